The van der Waals surface area contributed by atoms with E-state index < -0.39 is 124 Å². The summed E-state index contributed by atoms with van der Waals surface area (Å²) in [6, 6.07) is 8.73. The molecule has 328 valence electrons. The number of carbonyl (C=O) groups is 4. The smallest absolute Gasteiger partial charge is 0.408 e. The van der Waals surface area contributed by atoms with Gasteiger partial charge in [-0.2, -0.15) is 0 Å². The van der Waals surface area contributed by atoms with Crippen molar-refractivity contribution >= 4 is 24.0 Å². The van der Waals surface area contributed by atoms with E-state index in [9.17, 15) is 29.4 Å². The number of carbonyl (C=O) groups excluding carboxylic acids is 4. The fraction of sp³-hybridized carbons (Fsp3) is 0.533. The van der Waals surface area contributed by atoms with Crippen LogP contribution >= 0.6 is 0 Å². The van der Waals surface area contributed by atoms with Crippen LogP contribution < -0.4 is 5.32 Å². The van der Waals surface area contributed by atoms with E-state index in [0.717, 1.165) is 6.07 Å². The molecule has 1 aromatic carbocycles. The van der Waals surface area contributed by atoms with E-state index in [1.165, 1.54) is 25.3 Å². The minimum atomic E-state index is -2.26. The zero-order chi connectivity index (χ0) is 44.4. The number of aliphatic hydroxyl groups excluding tert-OH is 1. The number of benzene rings is 1. The predicted octanol–water partition coefficient (Wildman–Crippen LogP) is 4.97. The molecule has 0 spiro atoms. The molecule has 0 unspecified atom stereocenters. The van der Waals surface area contributed by atoms with Gasteiger partial charge in [-0.3, -0.25) is 9.78 Å². The van der Waals surface area contributed by atoms with Crippen LogP contribution in [0, 0.1) is 22.6 Å². The molecule has 16 heteroatoms. The Bertz CT molecular complexity index is 2150. The van der Waals surface area contributed by atoms with Crippen molar-refractivity contribution in [2.45, 2.75) is 128 Å². The molecule has 2 aromatic rings. The molecule has 3 fully saturated rings. The highest BCUT2D eigenvalue weighted by molar-refractivity contribution is 5.89. The Morgan fingerprint density at radius 1 is 1.07 bits per heavy atom. The van der Waals surface area contributed by atoms with Gasteiger partial charge in [0.15, 0.2) is 18.0 Å². The first-order chi connectivity index (χ1) is 28.6. The molecule has 12 atom stereocenters. The second kappa shape index (κ2) is 15.7. The number of hydrogen-bond acceptors (Lipinski definition) is 14. The summed E-state index contributed by atoms with van der Waals surface area (Å²) in [4.78, 5) is 58.6. The molecule has 2 saturated heterocycles. The highest BCUT2D eigenvalue weighted by Crippen LogP contribution is 2.65. The van der Waals surface area contributed by atoms with Crippen molar-refractivity contribution in [1.82, 2.24) is 10.3 Å². The summed E-state index contributed by atoms with van der Waals surface area (Å²) in [5.41, 5.74) is -6.67. The van der Waals surface area contributed by atoms with Crippen molar-refractivity contribution in [2.75, 3.05) is 6.61 Å². The topological polar surface area (TPSA) is 198 Å². The van der Waals surface area contributed by atoms with Crippen LogP contribution in [0.25, 0.3) is 0 Å². The fourth-order valence-electron chi connectivity index (χ4n) is 9.97. The average Bonchev–Trinajstić information content (AvgIpc) is 3.61. The van der Waals surface area contributed by atoms with Gasteiger partial charge >= 0.3 is 24.0 Å². The van der Waals surface area contributed by atoms with Crippen LogP contribution in [0.2, 0.25) is 0 Å². The summed E-state index contributed by atoms with van der Waals surface area (Å²) in [6.07, 6.45) is -3.98. The highest BCUT2D eigenvalue weighted by Gasteiger charge is 2.76. The molecular weight excluding hydrogens is 795 g/mol. The van der Waals surface area contributed by atoms with Crippen LogP contribution in [0.4, 0.5) is 9.18 Å². The number of hydrogen-bond donors (Lipinski definition) is 3. The summed E-state index contributed by atoms with van der Waals surface area (Å²) in [5, 5.41) is 27.7. The molecule has 15 nitrogen and oxygen atoms in total. The van der Waals surface area contributed by atoms with Gasteiger partial charge in [-0.15, -0.1) is 0 Å². The number of alkyl carbamates (subject to hydrolysis) is 1. The molecule has 2 aliphatic heterocycles. The van der Waals surface area contributed by atoms with Crippen LogP contribution in [0.1, 0.15) is 83.9 Å². The summed E-state index contributed by atoms with van der Waals surface area (Å²) < 4.78 is 58.7. The molecule has 0 radical (unpaired) electrons. The number of halogens is 1. The Morgan fingerprint density at radius 2 is 1.77 bits per heavy atom. The van der Waals surface area contributed by atoms with Gasteiger partial charge in [-0.05, 0) is 69.2 Å². The zero-order valence-electron chi connectivity index (χ0n) is 35.4. The monoisotopic (exact) mass is 848 g/mol. The minimum Gasteiger partial charge on any atom is -0.456 e. The number of aliphatic hydroxyl groups is 2. The standard InChI is InChI=1S/C45H53FN2O13/c1-10-29-57-34-30-23(2)27(56-39(52)33(50)32(31-26(46)17-14-20-47-31)48-40(53)61-41(4,5)6)21-45(54,42(30,7)8)37(59-38(51)25-15-12-11-13-16-25)35-43(9,36(34)58-29)19-18-28-44(35,22-55-28)60-24(3)49/h10-20,27-29,32-37,50,54H,1,21-22H2,2-9H3,(H,48,53)/t27-,28+,29+,32-,33+,34+,35-,36+,37-,43+,44-,45+/m0/s1. The number of esters is 3. The fourth-order valence-corrected chi connectivity index (χ4v) is 9.97. The lowest BCUT2D eigenvalue weighted by Gasteiger charge is -2.66. The van der Waals surface area contributed by atoms with Crippen LogP contribution in [-0.4, -0.2) is 106 Å². The average molecular weight is 849 g/mol. The third kappa shape index (κ3) is 7.45. The van der Waals surface area contributed by atoms with Gasteiger partial charge in [0, 0.05) is 30.4 Å². The van der Waals surface area contributed by atoms with E-state index in [4.69, 9.17) is 33.2 Å². The maximum Gasteiger partial charge on any atom is 0.408 e. The zero-order valence-corrected chi connectivity index (χ0v) is 35.4. The van der Waals surface area contributed by atoms with Gasteiger partial charge in [0.1, 0.15) is 59.3 Å². The first-order valence-corrected chi connectivity index (χ1v) is 20.2. The third-order valence-electron chi connectivity index (χ3n) is 12.8. The third-order valence-corrected chi connectivity index (χ3v) is 12.8. The van der Waals surface area contributed by atoms with E-state index >= 15 is 4.39 Å². The SMILES string of the molecule is C=C[C@@H]1O[C@@H]2C3=C(C)[C@@H](OC(=O)[C@H](O)[C@@H](NC(=O)OC(C)(C)C)c4ncccc4F)C[C@@](O)([C@@H](OC(=O)c4ccccc4)[C@H]4[C@@](C)(C=C[C@H]5OC[C@]54OC(C)=O)[C@@H]2O1)C3(C)C. The van der Waals surface area contributed by atoms with Crippen LogP contribution in [0.3, 0.4) is 0 Å². The van der Waals surface area contributed by atoms with E-state index in [-0.39, 0.29) is 12.2 Å². The summed E-state index contributed by atoms with van der Waals surface area (Å²) >= 11 is 0. The number of ether oxygens (including phenoxy) is 7. The molecule has 3 N–H and O–H groups in total. The number of aromatic nitrogens is 1. The molecule has 7 rings (SSSR count). The first-order valence-electron chi connectivity index (χ1n) is 20.2. The van der Waals surface area contributed by atoms with Crippen molar-refractivity contribution in [2.24, 2.45) is 16.7 Å². The number of rotatable bonds is 9. The van der Waals surface area contributed by atoms with Crippen molar-refractivity contribution in [3.63, 3.8) is 0 Å². The van der Waals surface area contributed by atoms with Crippen molar-refractivity contribution in [3.05, 3.63) is 102 Å². The quantitative estimate of drug-likeness (QED) is 0.174. The molecule has 2 bridgehead atoms. The summed E-state index contributed by atoms with van der Waals surface area (Å²) in [5.74, 6) is -4.77. The number of pyridine rings is 1. The summed E-state index contributed by atoms with van der Waals surface area (Å²) in [7, 11) is 0. The number of nitrogens with one attached hydrogen (secondary N) is 1. The Kier molecular flexibility index (Phi) is 11.4. The Hall–Kier alpha value is -5.00. The maximum absolute atomic E-state index is 15.3. The normalized spacial score (nSPS) is 34.4. The second-order valence-electron chi connectivity index (χ2n) is 18.1. The number of amides is 1. The second-order valence-corrected chi connectivity index (χ2v) is 18.1. The molecule has 3 aliphatic carbocycles. The highest BCUT2D eigenvalue weighted by atomic mass is 19.1. The largest absolute Gasteiger partial charge is 0.456 e. The first kappa shape index (κ1) is 44.1. The lowest BCUT2D eigenvalue weighted by molar-refractivity contribution is -0.316. The molecular formula is C45H53FN2O13. The Balaban J connectivity index is 1.38. The van der Waals surface area contributed by atoms with Crippen LogP contribution in [0.15, 0.2) is 84.6 Å². The van der Waals surface area contributed by atoms with E-state index in [0.29, 0.717) is 11.1 Å². The molecule has 1 saturated carbocycles. The lowest BCUT2D eigenvalue weighted by atomic mass is 9.46. The van der Waals surface area contributed by atoms with Gasteiger partial charge in [-0.25, -0.2) is 18.8 Å². The predicted molar refractivity (Wildman–Crippen MR) is 213 cm³/mol. The van der Waals surface area contributed by atoms with E-state index in [1.807, 2.05) is 13.0 Å². The van der Waals surface area contributed by atoms with Crippen LogP contribution in [0.5, 0.6) is 0 Å². The van der Waals surface area contributed by atoms with Crippen LogP contribution in [-0.2, 0) is 42.7 Å². The van der Waals surface area contributed by atoms with E-state index in [1.54, 1.807) is 78.0 Å². The van der Waals surface area contributed by atoms with Crippen molar-refractivity contribution in [1.29, 1.82) is 0 Å². The molecule has 1 aromatic heterocycles. The lowest BCUT2D eigenvalue weighted by Crippen LogP contribution is -2.78. The Labute approximate surface area is 353 Å². The van der Waals surface area contributed by atoms with E-state index in [2.05, 4.69) is 16.9 Å². The van der Waals surface area contributed by atoms with Crippen molar-refractivity contribution in [3.8, 4) is 0 Å². The van der Waals surface area contributed by atoms with Gasteiger partial charge in [0.05, 0.1) is 18.1 Å². The minimum absolute atomic E-state index is 0.122. The Morgan fingerprint density at radius 3 is 2.38 bits per heavy atom. The van der Waals surface area contributed by atoms with Gasteiger partial charge < -0.3 is 48.7 Å². The van der Waals surface area contributed by atoms with Crippen molar-refractivity contribution < 1.29 is 66.9 Å². The number of fused-ring (bicyclic) bond motifs is 8. The van der Waals surface area contributed by atoms with Gasteiger partial charge in [0.2, 0.25) is 0 Å². The van der Waals surface area contributed by atoms with Gasteiger partial charge in [0.25, 0.3) is 0 Å². The molecule has 1 amide bonds. The molecule has 61 heavy (non-hydrogen) atoms. The maximum atomic E-state index is 15.3. The van der Waals surface area contributed by atoms with Gasteiger partial charge in [-0.1, -0.05) is 57.7 Å². The summed E-state index contributed by atoms with van der Waals surface area (Å²) in [6.45, 7) is 16.9. The number of nitrogens with zero attached hydrogens (tertiary/aromatic N) is 1. The molecule has 5 aliphatic rings. The molecule has 3 heterocycles.